The summed E-state index contributed by atoms with van der Waals surface area (Å²) in [7, 11) is 0. The van der Waals surface area contributed by atoms with Crippen molar-refractivity contribution in [3.63, 3.8) is 0 Å². The normalized spacial score (nSPS) is 20.8. The molecule has 3 heterocycles. The zero-order valence-electron chi connectivity index (χ0n) is 13.2. The van der Waals surface area contributed by atoms with Crippen molar-refractivity contribution in [2.45, 2.75) is 16.6 Å². The van der Waals surface area contributed by atoms with Crippen LogP contribution in [0.5, 0.6) is 0 Å². The third kappa shape index (κ3) is 3.36. The quantitative estimate of drug-likeness (QED) is 0.865. The molecule has 2 aliphatic heterocycles. The van der Waals surface area contributed by atoms with Crippen molar-refractivity contribution >= 4 is 23.7 Å². The average Bonchev–Trinajstić information content (AvgIpc) is 3.24. The Labute approximate surface area is 144 Å². The maximum atomic E-state index is 12.1. The van der Waals surface area contributed by atoms with Crippen molar-refractivity contribution in [3.8, 4) is 0 Å². The third-order valence-electron chi connectivity index (χ3n) is 4.40. The van der Waals surface area contributed by atoms with Gasteiger partial charge >= 0.3 is 6.03 Å². The van der Waals surface area contributed by atoms with Crippen LogP contribution in [0.3, 0.4) is 0 Å². The van der Waals surface area contributed by atoms with Crippen LogP contribution < -0.4 is 5.32 Å². The number of urea groups is 1. The summed E-state index contributed by atoms with van der Waals surface area (Å²) in [5.41, 5.74) is 1.46. The molecule has 126 valence electrons. The van der Waals surface area contributed by atoms with E-state index in [4.69, 9.17) is 0 Å². The largest absolute Gasteiger partial charge is 0.324 e. The summed E-state index contributed by atoms with van der Waals surface area (Å²) < 4.78 is 0. The van der Waals surface area contributed by atoms with Crippen molar-refractivity contribution in [2.75, 3.05) is 38.0 Å². The zero-order valence-corrected chi connectivity index (χ0v) is 14.0. The van der Waals surface area contributed by atoms with Gasteiger partial charge in [0, 0.05) is 42.9 Å². The minimum atomic E-state index is -0.168. The van der Waals surface area contributed by atoms with Crippen molar-refractivity contribution in [1.82, 2.24) is 30.4 Å². The number of carbonyl (C=O) groups excluding carboxylic acids is 1. The van der Waals surface area contributed by atoms with E-state index >= 15 is 0 Å². The van der Waals surface area contributed by atoms with Gasteiger partial charge in [0.05, 0.1) is 0 Å². The predicted molar refractivity (Wildman–Crippen MR) is 91.0 cm³/mol. The molecule has 24 heavy (non-hydrogen) atoms. The van der Waals surface area contributed by atoms with Crippen molar-refractivity contribution in [2.24, 2.45) is 0 Å². The second kappa shape index (κ2) is 6.78. The number of carbonyl (C=O) groups is 1. The van der Waals surface area contributed by atoms with Gasteiger partial charge in [-0.05, 0) is 23.3 Å². The molecule has 8 nitrogen and oxygen atoms in total. The van der Waals surface area contributed by atoms with Gasteiger partial charge in [-0.1, -0.05) is 23.3 Å². The fourth-order valence-electron chi connectivity index (χ4n) is 3.17. The molecule has 2 aliphatic rings. The molecule has 0 radical (unpaired) electrons. The van der Waals surface area contributed by atoms with Gasteiger partial charge < -0.3 is 4.90 Å². The summed E-state index contributed by atoms with van der Waals surface area (Å²) in [6, 6.07) is 8.49. The second-order valence-electron chi connectivity index (χ2n) is 6.00. The highest BCUT2D eigenvalue weighted by atomic mass is 32.2. The predicted octanol–water partition coefficient (Wildman–Crippen LogP) is 1.07. The number of aromatic nitrogens is 4. The molecule has 1 aromatic carbocycles. The van der Waals surface area contributed by atoms with E-state index in [1.54, 1.807) is 4.90 Å². The van der Waals surface area contributed by atoms with Crippen LogP contribution in [0.25, 0.3) is 0 Å². The molecule has 2 amide bonds. The van der Waals surface area contributed by atoms with Crippen LogP contribution >= 0.6 is 11.8 Å². The smallest absolute Gasteiger partial charge is 0.322 e. The number of amides is 2. The minimum absolute atomic E-state index is 0.168. The molecule has 1 unspecified atom stereocenters. The number of hydrogen-bond donors (Lipinski definition) is 2. The second-order valence-corrected chi connectivity index (χ2v) is 7.35. The highest BCUT2D eigenvalue weighted by Gasteiger charge is 2.27. The maximum Gasteiger partial charge on any atom is 0.324 e. The van der Waals surface area contributed by atoms with Gasteiger partial charge in [-0.2, -0.15) is 5.21 Å². The summed E-state index contributed by atoms with van der Waals surface area (Å²) in [4.78, 5) is 17.8. The lowest BCUT2D eigenvalue weighted by atomic mass is 10.1. The number of rotatable bonds is 3. The number of fused-ring (bicyclic) bond motifs is 1. The monoisotopic (exact) mass is 345 g/mol. The first-order valence-corrected chi connectivity index (χ1v) is 8.92. The Morgan fingerprint density at radius 1 is 1.29 bits per heavy atom. The van der Waals surface area contributed by atoms with E-state index in [2.05, 4.69) is 55.1 Å². The molecule has 2 aromatic rings. The van der Waals surface area contributed by atoms with Crippen LogP contribution in [0.15, 0.2) is 29.2 Å². The molecule has 9 heteroatoms. The average molecular weight is 345 g/mol. The number of H-pyrrole nitrogens is 1. The van der Waals surface area contributed by atoms with Gasteiger partial charge in [-0.25, -0.2) is 4.79 Å². The van der Waals surface area contributed by atoms with E-state index in [-0.39, 0.29) is 12.0 Å². The fraction of sp³-hybridized carbons (Fsp3) is 0.467. The summed E-state index contributed by atoms with van der Waals surface area (Å²) in [5, 5.41) is 16.5. The maximum absolute atomic E-state index is 12.1. The SMILES string of the molecule is O=C(Nc1nn[nH]n1)N1CCN(CC2Cc3ccccc3S2)CC1. The number of nitrogens with zero attached hydrogens (tertiary/aromatic N) is 5. The molecule has 1 saturated heterocycles. The lowest BCUT2D eigenvalue weighted by Crippen LogP contribution is -2.51. The van der Waals surface area contributed by atoms with Crippen LogP contribution in [-0.4, -0.2) is 74.4 Å². The van der Waals surface area contributed by atoms with E-state index in [0.717, 1.165) is 26.1 Å². The van der Waals surface area contributed by atoms with E-state index in [0.29, 0.717) is 18.3 Å². The standard InChI is InChI=1S/C15H19N7OS/c23-15(16-14-17-19-20-18-14)22-7-5-21(6-8-22)10-12-9-11-3-1-2-4-13(11)24-12/h1-4,12H,5-10H2,(H2,16,17,18,19,20,23). The molecule has 0 spiro atoms. The number of benzene rings is 1. The molecular weight excluding hydrogens is 326 g/mol. The van der Waals surface area contributed by atoms with Crippen LogP contribution in [0.2, 0.25) is 0 Å². The first-order valence-electron chi connectivity index (χ1n) is 8.04. The first kappa shape index (κ1) is 15.4. The van der Waals surface area contributed by atoms with E-state index in [1.807, 2.05) is 11.8 Å². The molecule has 4 rings (SSSR count). The molecule has 1 fully saturated rings. The molecule has 0 bridgehead atoms. The molecule has 1 atom stereocenters. The van der Waals surface area contributed by atoms with Gasteiger partial charge in [-0.3, -0.25) is 10.2 Å². The van der Waals surface area contributed by atoms with E-state index in [9.17, 15) is 4.79 Å². The van der Waals surface area contributed by atoms with Gasteiger partial charge in [0.1, 0.15) is 0 Å². The third-order valence-corrected chi connectivity index (χ3v) is 5.70. The Balaban J connectivity index is 1.24. The number of thioether (sulfide) groups is 1. The molecular formula is C15H19N7OS. The zero-order chi connectivity index (χ0) is 16.4. The van der Waals surface area contributed by atoms with Gasteiger partial charge in [0.15, 0.2) is 0 Å². The fourth-order valence-corrected chi connectivity index (χ4v) is 4.53. The van der Waals surface area contributed by atoms with Crippen LogP contribution in [-0.2, 0) is 6.42 Å². The van der Waals surface area contributed by atoms with Gasteiger partial charge in [0.2, 0.25) is 0 Å². The van der Waals surface area contributed by atoms with Crippen molar-refractivity contribution < 1.29 is 4.79 Å². The molecule has 0 saturated carbocycles. The van der Waals surface area contributed by atoms with Crippen LogP contribution in [0, 0.1) is 0 Å². The minimum Gasteiger partial charge on any atom is -0.322 e. The topological polar surface area (TPSA) is 90.0 Å². The first-order chi connectivity index (χ1) is 11.8. The van der Waals surface area contributed by atoms with Crippen molar-refractivity contribution in [3.05, 3.63) is 29.8 Å². The summed E-state index contributed by atoms with van der Waals surface area (Å²) in [6.45, 7) is 4.29. The Hall–Kier alpha value is -2.13. The molecule has 1 aromatic heterocycles. The Morgan fingerprint density at radius 2 is 2.12 bits per heavy atom. The summed E-state index contributed by atoms with van der Waals surface area (Å²) in [5.74, 6) is 0.211. The van der Waals surface area contributed by atoms with Crippen LogP contribution in [0.4, 0.5) is 10.7 Å². The number of aromatic amines is 1. The van der Waals surface area contributed by atoms with Gasteiger partial charge in [-0.15, -0.1) is 16.9 Å². The van der Waals surface area contributed by atoms with E-state index < -0.39 is 0 Å². The lowest BCUT2D eigenvalue weighted by Gasteiger charge is -2.35. The highest BCUT2D eigenvalue weighted by Crippen LogP contribution is 2.37. The Kier molecular flexibility index (Phi) is 4.35. The van der Waals surface area contributed by atoms with Gasteiger partial charge in [0.25, 0.3) is 5.95 Å². The number of tetrazole rings is 1. The summed E-state index contributed by atoms with van der Waals surface area (Å²) in [6.07, 6.45) is 1.14. The number of nitrogens with one attached hydrogen (secondary N) is 2. The Bertz CT molecular complexity index is 675. The van der Waals surface area contributed by atoms with E-state index in [1.165, 1.54) is 10.5 Å². The van der Waals surface area contributed by atoms with Crippen LogP contribution in [0.1, 0.15) is 5.56 Å². The molecule has 0 aliphatic carbocycles. The van der Waals surface area contributed by atoms with Crippen molar-refractivity contribution in [1.29, 1.82) is 0 Å². The Morgan fingerprint density at radius 3 is 2.88 bits per heavy atom. The molecule has 2 N–H and O–H groups in total. The summed E-state index contributed by atoms with van der Waals surface area (Å²) >= 11 is 1.98. The number of anilines is 1. The number of hydrogen-bond acceptors (Lipinski definition) is 6. The number of piperazine rings is 1. The highest BCUT2D eigenvalue weighted by molar-refractivity contribution is 8.00. The lowest BCUT2D eigenvalue weighted by molar-refractivity contribution is 0.147.